The smallest absolute Gasteiger partial charge is 0.241 e. The molecule has 0 saturated carbocycles. The number of hydrogen-bond donors (Lipinski definition) is 1. The van der Waals surface area contributed by atoms with E-state index in [0.717, 1.165) is 37.0 Å². The molecule has 7 heteroatoms. The lowest BCUT2D eigenvalue weighted by Crippen LogP contribution is -2.52. The van der Waals surface area contributed by atoms with Crippen LogP contribution in [0.2, 0.25) is 0 Å². The van der Waals surface area contributed by atoms with E-state index in [1.165, 1.54) is 0 Å². The molecule has 3 rings (SSSR count). The Hall–Kier alpha value is -1.08. The van der Waals surface area contributed by atoms with E-state index in [-0.39, 0.29) is 11.9 Å². The summed E-state index contributed by atoms with van der Waals surface area (Å²) in [5.74, 6) is 3.06. The van der Waals surface area contributed by atoms with Crippen LogP contribution in [0.15, 0.2) is 6.33 Å². The summed E-state index contributed by atoms with van der Waals surface area (Å²) in [6.07, 6.45) is 1.73. The number of fused-ring (bicyclic) bond motifs is 1. The van der Waals surface area contributed by atoms with Gasteiger partial charge >= 0.3 is 0 Å². The number of thioether (sulfide) groups is 1. The third-order valence-electron chi connectivity index (χ3n) is 3.17. The number of nitrogens with one attached hydrogen (secondary N) is 1. The van der Waals surface area contributed by atoms with Crippen molar-refractivity contribution >= 4 is 17.7 Å². The number of carbonyl (C=O) groups is 1. The van der Waals surface area contributed by atoms with E-state index < -0.39 is 0 Å². The van der Waals surface area contributed by atoms with Crippen LogP contribution in [-0.2, 0) is 17.9 Å². The third kappa shape index (κ3) is 2.16. The first kappa shape index (κ1) is 11.0. The predicted molar refractivity (Wildman–Crippen MR) is 64.6 cm³/mol. The number of rotatable bonds is 1. The largest absolute Gasteiger partial charge is 0.332 e. The molecule has 0 aromatic carbocycles. The molecule has 1 atom stereocenters. The Morgan fingerprint density at radius 2 is 2.47 bits per heavy atom. The first-order chi connectivity index (χ1) is 8.34. The van der Waals surface area contributed by atoms with E-state index in [0.29, 0.717) is 6.54 Å². The highest BCUT2D eigenvalue weighted by atomic mass is 32.2. The van der Waals surface area contributed by atoms with Crippen LogP contribution in [0.5, 0.6) is 0 Å². The van der Waals surface area contributed by atoms with Crippen molar-refractivity contribution in [2.45, 2.75) is 19.1 Å². The van der Waals surface area contributed by atoms with Gasteiger partial charge < -0.3 is 14.8 Å². The molecule has 92 valence electrons. The molecular weight excluding hydrogens is 238 g/mol. The molecule has 2 aliphatic heterocycles. The van der Waals surface area contributed by atoms with Gasteiger partial charge in [0.2, 0.25) is 5.91 Å². The standard InChI is InChI=1S/C10H15N5OS/c16-10(8-6-17-4-1-11-8)14-2-3-15-7-12-13-9(15)5-14/h7-8,11H,1-6H2. The Balaban J connectivity index is 1.67. The first-order valence-corrected chi connectivity index (χ1v) is 6.96. The van der Waals surface area contributed by atoms with Gasteiger partial charge in [-0.1, -0.05) is 0 Å². The van der Waals surface area contributed by atoms with Crippen molar-refractivity contribution in [3.8, 4) is 0 Å². The minimum Gasteiger partial charge on any atom is -0.332 e. The summed E-state index contributed by atoms with van der Waals surface area (Å²) in [6, 6.07) is -0.0248. The molecule has 1 N–H and O–H groups in total. The molecule has 17 heavy (non-hydrogen) atoms. The van der Waals surface area contributed by atoms with Gasteiger partial charge in [0.15, 0.2) is 5.82 Å². The highest BCUT2D eigenvalue weighted by Crippen LogP contribution is 2.14. The Labute approximate surface area is 104 Å². The lowest BCUT2D eigenvalue weighted by Gasteiger charge is -2.32. The van der Waals surface area contributed by atoms with Gasteiger partial charge in [0.25, 0.3) is 0 Å². The van der Waals surface area contributed by atoms with Crippen molar-refractivity contribution < 1.29 is 4.79 Å². The second-order valence-electron chi connectivity index (χ2n) is 4.28. The molecule has 0 radical (unpaired) electrons. The number of carbonyl (C=O) groups excluding carboxylic acids is 1. The van der Waals surface area contributed by atoms with Crippen molar-refractivity contribution in [2.24, 2.45) is 0 Å². The summed E-state index contributed by atoms with van der Waals surface area (Å²) < 4.78 is 2.01. The van der Waals surface area contributed by atoms with Gasteiger partial charge in [-0.2, -0.15) is 11.8 Å². The van der Waals surface area contributed by atoms with Crippen molar-refractivity contribution in [2.75, 3.05) is 24.6 Å². The summed E-state index contributed by atoms with van der Waals surface area (Å²) in [5, 5.41) is 11.2. The molecule has 1 saturated heterocycles. The summed E-state index contributed by atoms with van der Waals surface area (Å²) in [7, 11) is 0. The average molecular weight is 253 g/mol. The van der Waals surface area contributed by atoms with Gasteiger partial charge in [0, 0.05) is 31.1 Å². The molecule has 6 nitrogen and oxygen atoms in total. The number of amides is 1. The van der Waals surface area contributed by atoms with Gasteiger partial charge in [-0.05, 0) is 0 Å². The maximum absolute atomic E-state index is 12.3. The molecule has 0 aliphatic carbocycles. The second-order valence-corrected chi connectivity index (χ2v) is 5.43. The van der Waals surface area contributed by atoms with Crippen molar-refractivity contribution in [3.05, 3.63) is 12.2 Å². The summed E-state index contributed by atoms with van der Waals surface area (Å²) in [4.78, 5) is 14.2. The average Bonchev–Trinajstić information content (AvgIpc) is 2.86. The number of hydrogen-bond acceptors (Lipinski definition) is 5. The number of nitrogens with zero attached hydrogens (tertiary/aromatic N) is 4. The van der Waals surface area contributed by atoms with Gasteiger partial charge in [0.05, 0.1) is 12.6 Å². The van der Waals surface area contributed by atoms with Crippen LogP contribution in [-0.4, -0.2) is 56.2 Å². The normalized spacial score (nSPS) is 24.5. The zero-order valence-corrected chi connectivity index (χ0v) is 10.3. The van der Waals surface area contributed by atoms with E-state index in [1.807, 2.05) is 21.2 Å². The Kier molecular flexibility index (Phi) is 3.02. The maximum Gasteiger partial charge on any atom is 0.241 e. The third-order valence-corrected chi connectivity index (χ3v) is 4.23. The Morgan fingerprint density at radius 1 is 1.53 bits per heavy atom. The van der Waals surface area contributed by atoms with E-state index in [4.69, 9.17) is 0 Å². The monoisotopic (exact) mass is 253 g/mol. The number of aromatic nitrogens is 3. The lowest BCUT2D eigenvalue weighted by molar-refractivity contribution is -0.134. The Morgan fingerprint density at radius 3 is 3.29 bits per heavy atom. The van der Waals surface area contributed by atoms with Crippen LogP contribution < -0.4 is 5.32 Å². The maximum atomic E-state index is 12.3. The van der Waals surface area contributed by atoms with Crippen LogP contribution in [0.25, 0.3) is 0 Å². The fourth-order valence-electron chi connectivity index (χ4n) is 2.20. The summed E-state index contributed by atoms with van der Waals surface area (Å²) in [5.41, 5.74) is 0. The predicted octanol–water partition coefficient (Wildman–Crippen LogP) is -0.675. The van der Waals surface area contributed by atoms with E-state index >= 15 is 0 Å². The van der Waals surface area contributed by atoms with Gasteiger partial charge in [-0.25, -0.2) is 0 Å². The van der Waals surface area contributed by atoms with Crippen molar-refractivity contribution in [1.82, 2.24) is 25.0 Å². The molecule has 1 fully saturated rings. The van der Waals surface area contributed by atoms with Gasteiger partial charge in [-0.15, -0.1) is 10.2 Å². The summed E-state index contributed by atoms with van der Waals surface area (Å²) in [6.45, 7) is 3.06. The lowest BCUT2D eigenvalue weighted by atomic mass is 10.2. The molecule has 1 aromatic heterocycles. The van der Waals surface area contributed by atoms with E-state index in [2.05, 4.69) is 15.5 Å². The molecule has 0 bridgehead atoms. The van der Waals surface area contributed by atoms with Crippen LogP contribution in [0.4, 0.5) is 0 Å². The van der Waals surface area contributed by atoms with Crippen LogP contribution in [0, 0.1) is 0 Å². The molecule has 1 aromatic rings. The topological polar surface area (TPSA) is 63.1 Å². The molecular formula is C10H15N5OS. The fourth-order valence-corrected chi connectivity index (χ4v) is 3.12. The fraction of sp³-hybridized carbons (Fsp3) is 0.700. The van der Waals surface area contributed by atoms with Crippen LogP contribution >= 0.6 is 11.8 Å². The molecule has 1 unspecified atom stereocenters. The van der Waals surface area contributed by atoms with E-state index in [9.17, 15) is 4.79 Å². The summed E-state index contributed by atoms with van der Waals surface area (Å²) >= 11 is 1.84. The quantitative estimate of drug-likeness (QED) is 0.719. The molecule has 2 aliphatic rings. The van der Waals surface area contributed by atoms with Gasteiger partial charge in [-0.3, -0.25) is 4.79 Å². The highest BCUT2D eigenvalue weighted by Gasteiger charge is 2.28. The van der Waals surface area contributed by atoms with Crippen LogP contribution in [0.3, 0.4) is 0 Å². The zero-order chi connectivity index (χ0) is 11.7. The zero-order valence-electron chi connectivity index (χ0n) is 9.50. The van der Waals surface area contributed by atoms with Crippen molar-refractivity contribution in [3.63, 3.8) is 0 Å². The van der Waals surface area contributed by atoms with Gasteiger partial charge in [0.1, 0.15) is 6.33 Å². The first-order valence-electron chi connectivity index (χ1n) is 5.81. The minimum absolute atomic E-state index is 0.0248. The van der Waals surface area contributed by atoms with Crippen molar-refractivity contribution in [1.29, 1.82) is 0 Å². The second kappa shape index (κ2) is 4.66. The molecule has 1 amide bonds. The minimum atomic E-state index is -0.0248. The SMILES string of the molecule is O=C(C1CSCCN1)N1CCn2cnnc2C1. The van der Waals surface area contributed by atoms with E-state index in [1.54, 1.807) is 6.33 Å². The Bertz CT molecular complexity index is 415. The molecule has 0 spiro atoms. The molecule has 3 heterocycles. The van der Waals surface area contributed by atoms with Crippen LogP contribution in [0.1, 0.15) is 5.82 Å². The highest BCUT2D eigenvalue weighted by molar-refractivity contribution is 7.99.